The van der Waals surface area contributed by atoms with Gasteiger partial charge >= 0.3 is 0 Å². The molecule has 1 saturated heterocycles. The monoisotopic (exact) mass is 252 g/mol. The van der Waals surface area contributed by atoms with Crippen molar-refractivity contribution in [3.63, 3.8) is 0 Å². The molecule has 2 unspecified atom stereocenters. The third-order valence-electron chi connectivity index (χ3n) is 3.54. The van der Waals surface area contributed by atoms with Crippen LogP contribution in [0, 0.1) is 5.82 Å². The average molecular weight is 252 g/mol. The molecule has 0 saturated carbocycles. The van der Waals surface area contributed by atoms with Crippen molar-refractivity contribution in [1.29, 1.82) is 0 Å². The number of methoxy groups -OCH3 is 1. The van der Waals surface area contributed by atoms with E-state index in [4.69, 9.17) is 4.74 Å². The zero-order chi connectivity index (χ0) is 13.1. The topological polar surface area (TPSA) is 24.5 Å². The van der Waals surface area contributed by atoms with Gasteiger partial charge in [-0.25, -0.2) is 4.39 Å². The molecule has 3 nitrogen and oxygen atoms in total. The minimum atomic E-state index is -0.219. The van der Waals surface area contributed by atoms with Crippen LogP contribution in [-0.2, 0) is 0 Å². The molecule has 0 spiro atoms. The van der Waals surface area contributed by atoms with Crippen LogP contribution in [0.5, 0.6) is 5.75 Å². The van der Waals surface area contributed by atoms with Crippen LogP contribution < -0.4 is 10.1 Å². The number of rotatable bonds is 4. The number of benzene rings is 1. The number of hydrogen-bond donors (Lipinski definition) is 1. The van der Waals surface area contributed by atoms with Crippen LogP contribution in [0.3, 0.4) is 0 Å². The van der Waals surface area contributed by atoms with E-state index in [1.807, 2.05) is 0 Å². The zero-order valence-corrected chi connectivity index (χ0v) is 11.2. The van der Waals surface area contributed by atoms with Gasteiger partial charge in [-0.1, -0.05) is 0 Å². The lowest BCUT2D eigenvalue weighted by Gasteiger charge is -2.21. The summed E-state index contributed by atoms with van der Waals surface area (Å²) >= 11 is 0. The summed E-state index contributed by atoms with van der Waals surface area (Å²) < 4.78 is 18.6. The van der Waals surface area contributed by atoms with Gasteiger partial charge in [0, 0.05) is 24.2 Å². The van der Waals surface area contributed by atoms with Gasteiger partial charge in [-0.3, -0.25) is 0 Å². The maximum atomic E-state index is 13.3. The van der Waals surface area contributed by atoms with Gasteiger partial charge in [-0.15, -0.1) is 0 Å². The summed E-state index contributed by atoms with van der Waals surface area (Å²) in [4.78, 5) is 2.30. The lowest BCUT2D eigenvalue weighted by molar-refractivity contribution is 0.375. The number of ether oxygens (including phenoxy) is 1. The summed E-state index contributed by atoms with van der Waals surface area (Å²) in [5.74, 6) is 0.519. The highest BCUT2D eigenvalue weighted by molar-refractivity contribution is 5.36. The smallest absolute Gasteiger partial charge is 0.123 e. The number of nitrogens with one attached hydrogen (secondary N) is 1. The predicted octanol–water partition coefficient (Wildman–Crippen LogP) is 2.19. The molecule has 0 aliphatic carbocycles. The van der Waals surface area contributed by atoms with Gasteiger partial charge in [0.15, 0.2) is 0 Å². The second kappa shape index (κ2) is 5.67. The molecule has 2 rings (SSSR count). The van der Waals surface area contributed by atoms with Crippen LogP contribution in [0.25, 0.3) is 0 Å². The van der Waals surface area contributed by atoms with Gasteiger partial charge in [0.05, 0.1) is 7.11 Å². The van der Waals surface area contributed by atoms with Crippen molar-refractivity contribution in [3.05, 3.63) is 29.6 Å². The normalized spacial score (nSPS) is 22.1. The standard InChI is InChI=1S/C14H21FN2O/c1-10(16-12-6-7-17(2)9-12)13-8-11(15)4-5-14(13)18-3/h4-5,8,10,12,16H,6-7,9H2,1-3H3. The van der Waals surface area contributed by atoms with E-state index in [1.165, 1.54) is 6.07 Å². The predicted molar refractivity (Wildman–Crippen MR) is 70.4 cm³/mol. The first kappa shape index (κ1) is 13.3. The molecule has 0 aromatic heterocycles. The maximum Gasteiger partial charge on any atom is 0.123 e. The molecule has 1 aromatic rings. The highest BCUT2D eigenvalue weighted by Crippen LogP contribution is 2.26. The lowest BCUT2D eigenvalue weighted by atomic mass is 10.1. The number of likely N-dealkylation sites (N-methyl/N-ethyl adjacent to an activating group) is 1. The number of likely N-dealkylation sites (tertiary alicyclic amines) is 1. The molecule has 100 valence electrons. The SMILES string of the molecule is COc1ccc(F)cc1C(C)NC1CCN(C)C1. The van der Waals surface area contributed by atoms with E-state index in [1.54, 1.807) is 19.2 Å². The van der Waals surface area contributed by atoms with Gasteiger partial charge in [0.1, 0.15) is 11.6 Å². The first-order valence-electron chi connectivity index (χ1n) is 6.38. The Labute approximate surface area is 108 Å². The average Bonchev–Trinajstić information content (AvgIpc) is 2.74. The van der Waals surface area contributed by atoms with Crippen molar-refractivity contribution in [2.45, 2.75) is 25.4 Å². The summed E-state index contributed by atoms with van der Waals surface area (Å²) in [5.41, 5.74) is 0.882. The molecule has 1 aliphatic rings. The van der Waals surface area contributed by atoms with Crippen LogP contribution in [0.2, 0.25) is 0 Å². The first-order valence-corrected chi connectivity index (χ1v) is 6.38. The fraction of sp³-hybridized carbons (Fsp3) is 0.571. The molecule has 2 atom stereocenters. The Kier molecular flexibility index (Phi) is 4.19. The third-order valence-corrected chi connectivity index (χ3v) is 3.54. The summed E-state index contributed by atoms with van der Waals surface area (Å²) in [6, 6.07) is 5.22. The Morgan fingerprint density at radius 2 is 2.28 bits per heavy atom. The van der Waals surface area contributed by atoms with Gasteiger partial charge < -0.3 is 15.0 Å². The fourth-order valence-corrected chi connectivity index (χ4v) is 2.56. The summed E-state index contributed by atoms with van der Waals surface area (Å²) in [6.07, 6.45) is 1.14. The van der Waals surface area contributed by atoms with Gasteiger partial charge in [0.25, 0.3) is 0 Å². The van der Waals surface area contributed by atoms with E-state index in [9.17, 15) is 4.39 Å². The molecule has 4 heteroatoms. The van der Waals surface area contributed by atoms with Crippen molar-refractivity contribution in [2.75, 3.05) is 27.2 Å². The Bertz CT molecular complexity index is 411. The van der Waals surface area contributed by atoms with Crippen LogP contribution >= 0.6 is 0 Å². The van der Waals surface area contributed by atoms with Crippen molar-refractivity contribution < 1.29 is 9.13 Å². The van der Waals surface area contributed by atoms with Crippen molar-refractivity contribution in [2.24, 2.45) is 0 Å². The summed E-state index contributed by atoms with van der Waals surface area (Å²) in [6.45, 7) is 4.21. The third kappa shape index (κ3) is 3.00. The Morgan fingerprint density at radius 1 is 1.50 bits per heavy atom. The zero-order valence-electron chi connectivity index (χ0n) is 11.2. The van der Waals surface area contributed by atoms with Crippen molar-refractivity contribution in [3.8, 4) is 5.75 Å². The van der Waals surface area contributed by atoms with Crippen LogP contribution in [0.4, 0.5) is 4.39 Å². The fourth-order valence-electron chi connectivity index (χ4n) is 2.56. The van der Waals surface area contributed by atoms with E-state index in [2.05, 4.69) is 24.2 Å². The molecule has 1 aliphatic heterocycles. The molecular formula is C14H21FN2O. The van der Waals surface area contributed by atoms with Crippen LogP contribution in [-0.4, -0.2) is 38.2 Å². The highest BCUT2D eigenvalue weighted by atomic mass is 19.1. The van der Waals surface area contributed by atoms with E-state index >= 15 is 0 Å². The van der Waals surface area contributed by atoms with E-state index in [0.717, 1.165) is 30.8 Å². The Morgan fingerprint density at radius 3 is 2.89 bits per heavy atom. The lowest BCUT2D eigenvalue weighted by Crippen LogP contribution is -2.33. The maximum absolute atomic E-state index is 13.3. The number of halogens is 1. The second-order valence-electron chi connectivity index (χ2n) is 5.02. The second-order valence-corrected chi connectivity index (χ2v) is 5.02. The molecule has 1 fully saturated rings. The largest absolute Gasteiger partial charge is 0.496 e. The van der Waals surface area contributed by atoms with E-state index in [-0.39, 0.29) is 11.9 Å². The quantitative estimate of drug-likeness (QED) is 0.889. The van der Waals surface area contributed by atoms with Gasteiger partial charge in [-0.2, -0.15) is 0 Å². The number of nitrogens with zero attached hydrogens (tertiary/aromatic N) is 1. The highest BCUT2D eigenvalue weighted by Gasteiger charge is 2.22. The van der Waals surface area contributed by atoms with E-state index < -0.39 is 0 Å². The minimum absolute atomic E-state index is 0.0900. The molecule has 1 aromatic carbocycles. The van der Waals surface area contributed by atoms with Crippen molar-refractivity contribution in [1.82, 2.24) is 10.2 Å². The molecule has 0 bridgehead atoms. The minimum Gasteiger partial charge on any atom is -0.496 e. The summed E-state index contributed by atoms with van der Waals surface area (Å²) in [5, 5.41) is 3.54. The molecule has 1 N–H and O–H groups in total. The van der Waals surface area contributed by atoms with Gasteiger partial charge in [-0.05, 0) is 45.1 Å². The number of hydrogen-bond acceptors (Lipinski definition) is 3. The molecule has 0 amide bonds. The Balaban J connectivity index is 2.08. The molecule has 1 heterocycles. The molecule has 18 heavy (non-hydrogen) atoms. The van der Waals surface area contributed by atoms with Gasteiger partial charge in [0.2, 0.25) is 0 Å². The van der Waals surface area contributed by atoms with Crippen LogP contribution in [0.1, 0.15) is 24.9 Å². The van der Waals surface area contributed by atoms with Crippen molar-refractivity contribution >= 4 is 0 Å². The molecule has 0 radical (unpaired) electrons. The van der Waals surface area contributed by atoms with Crippen LogP contribution in [0.15, 0.2) is 18.2 Å². The Hall–Kier alpha value is -1.13. The first-order chi connectivity index (χ1) is 8.60. The van der Waals surface area contributed by atoms with E-state index in [0.29, 0.717) is 6.04 Å². The molecular weight excluding hydrogens is 231 g/mol. The summed E-state index contributed by atoms with van der Waals surface area (Å²) in [7, 11) is 3.74.